The number of nitrogens with one attached hydrogen (secondary N) is 1. The molecule has 0 aliphatic rings. The highest BCUT2D eigenvalue weighted by Gasteiger charge is 2.15. The molecule has 0 saturated carbocycles. The van der Waals surface area contributed by atoms with Gasteiger partial charge in [0.15, 0.2) is 12.5 Å². The van der Waals surface area contributed by atoms with Crippen LogP contribution in [0.2, 0.25) is 0 Å². The number of hydrogen-bond acceptors (Lipinski definition) is 4. The highest BCUT2D eigenvalue weighted by molar-refractivity contribution is 7.71. The fourth-order valence-electron chi connectivity index (χ4n) is 3.09. The van der Waals surface area contributed by atoms with Crippen LogP contribution in [0.4, 0.5) is 0 Å². The lowest BCUT2D eigenvalue weighted by Gasteiger charge is -2.14. The van der Waals surface area contributed by atoms with Crippen molar-refractivity contribution in [3.63, 3.8) is 0 Å². The van der Waals surface area contributed by atoms with Gasteiger partial charge in [0.1, 0.15) is 12.3 Å². The summed E-state index contributed by atoms with van der Waals surface area (Å²) in [7, 11) is 3.83. The van der Waals surface area contributed by atoms with E-state index in [-0.39, 0.29) is 0 Å². The molecule has 27 heavy (non-hydrogen) atoms. The Balaban J connectivity index is 1.80. The molecule has 1 N–H and O–H groups in total. The average molecular weight is 385 g/mol. The van der Waals surface area contributed by atoms with Gasteiger partial charge < -0.3 is 9.64 Å². The van der Waals surface area contributed by atoms with Gasteiger partial charge in [-0.3, -0.25) is 9.55 Å². The van der Waals surface area contributed by atoms with E-state index in [1.54, 1.807) is 19.5 Å². The Hall–Kier alpha value is -2.51. The lowest BCUT2D eigenvalue weighted by molar-refractivity contribution is -0.917. The Kier molecular flexibility index (Phi) is 6.36. The Bertz CT molecular complexity index is 918. The third-order valence-electron chi connectivity index (χ3n) is 4.39. The normalized spacial score (nSPS) is 12.1. The summed E-state index contributed by atoms with van der Waals surface area (Å²) in [5.74, 6) is 1.78. The molecule has 6 nitrogen and oxygen atoms in total. The molecular formula is C20H26N5OS+. The van der Waals surface area contributed by atoms with Crippen LogP contribution in [0.3, 0.4) is 0 Å². The first-order chi connectivity index (χ1) is 13.1. The molecule has 1 unspecified atom stereocenters. The van der Waals surface area contributed by atoms with Gasteiger partial charge in [0.25, 0.3) is 0 Å². The van der Waals surface area contributed by atoms with Gasteiger partial charge in [-0.25, -0.2) is 0 Å². The fourth-order valence-corrected chi connectivity index (χ4v) is 3.37. The number of methoxy groups -OCH3 is 1. The number of hydrogen-bond donors (Lipinski definition) is 1. The van der Waals surface area contributed by atoms with E-state index in [0.29, 0.717) is 6.67 Å². The summed E-state index contributed by atoms with van der Waals surface area (Å²) in [5.41, 5.74) is 2.29. The quantitative estimate of drug-likeness (QED) is 0.607. The van der Waals surface area contributed by atoms with Gasteiger partial charge in [-0.05, 0) is 55.0 Å². The van der Waals surface area contributed by atoms with Gasteiger partial charge in [-0.15, -0.1) is 5.10 Å². The van der Waals surface area contributed by atoms with Crippen molar-refractivity contribution < 1.29 is 9.64 Å². The molecule has 3 rings (SSSR count). The molecule has 7 heteroatoms. The topological polar surface area (TPSA) is 49.3 Å². The van der Waals surface area contributed by atoms with Gasteiger partial charge in [0, 0.05) is 30.1 Å². The second-order valence-electron chi connectivity index (χ2n) is 6.63. The van der Waals surface area contributed by atoms with Crippen LogP contribution in [0, 0.1) is 4.77 Å². The highest BCUT2D eigenvalue weighted by atomic mass is 32.1. The van der Waals surface area contributed by atoms with Crippen molar-refractivity contribution in [2.75, 3.05) is 14.2 Å². The molecule has 0 radical (unpaired) electrons. The van der Waals surface area contributed by atoms with Crippen molar-refractivity contribution in [2.24, 2.45) is 0 Å². The first kappa shape index (κ1) is 19.3. The van der Waals surface area contributed by atoms with E-state index in [9.17, 15) is 0 Å². The molecule has 0 spiro atoms. The van der Waals surface area contributed by atoms with Crippen molar-refractivity contribution in [3.8, 4) is 17.1 Å². The molecule has 0 amide bonds. The lowest BCUT2D eigenvalue weighted by Crippen LogP contribution is -3.07. The van der Waals surface area contributed by atoms with Gasteiger partial charge in [-0.2, -0.15) is 4.68 Å². The molecule has 3 aromatic rings. The van der Waals surface area contributed by atoms with Crippen molar-refractivity contribution in [1.82, 2.24) is 19.3 Å². The SMILES string of the molecule is CCCn1c(-c2ccncc2)nn(C[NH+](C)Cc2ccc(OC)cc2)c1=S. The Morgan fingerprint density at radius 1 is 1.11 bits per heavy atom. The number of benzene rings is 1. The molecule has 0 aliphatic heterocycles. The van der Waals surface area contributed by atoms with E-state index >= 15 is 0 Å². The number of pyridine rings is 1. The third kappa shape index (κ3) is 4.61. The van der Waals surface area contributed by atoms with Crippen LogP contribution in [0.1, 0.15) is 18.9 Å². The smallest absolute Gasteiger partial charge is 0.203 e. The number of rotatable bonds is 8. The minimum absolute atomic E-state index is 0.708. The van der Waals surface area contributed by atoms with Crippen LogP contribution >= 0.6 is 12.2 Å². The molecule has 2 heterocycles. The van der Waals surface area contributed by atoms with Gasteiger partial charge >= 0.3 is 0 Å². The van der Waals surface area contributed by atoms with Crippen LogP contribution in [0.15, 0.2) is 48.8 Å². The lowest BCUT2D eigenvalue weighted by atomic mass is 10.2. The fraction of sp³-hybridized carbons (Fsp3) is 0.350. The second kappa shape index (κ2) is 8.92. The molecule has 2 aromatic heterocycles. The molecule has 1 aromatic carbocycles. The predicted octanol–water partition coefficient (Wildman–Crippen LogP) is 2.57. The Labute approximate surface area is 165 Å². The number of quaternary nitrogens is 1. The first-order valence-electron chi connectivity index (χ1n) is 9.14. The van der Waals surface area contributed by atoms with Crippen LogP contribution < -0.4 is 9.64 Å². The molecule has 0 fully saturated rings. The molecule has 1 atom stereocenters. The van der Waals surface area contributed by atoms with Gasteiger partial charge in [-0.1, -0.05) is 6.92 Å². The van der Waals surface area contributed by atoms with Crippen LogP contribution in [-0.4, -0.2) is 33.5 Å². The van der Waals surface area contributed by atoms with E-state index in [0.717, 1.165) is 41.4 Å². The molecule has 142 valence electrons. The summed E-state index contributed by atoms with van der Waals surface area (Å²) in [6, 6.07) is 12.1. The zero-order valence-corrected chi connectivity index (χ0v) is 16.9. The van der Waals surface area contributed by atoms with E-state index < -0.39 is 0 Å². The summed E-state index contributed by atoms with van der Waals surface area (Å²) < 4.78 is 10.0. The van der Waals surface area contributed by atoms with E-state index in [4.69, 9.17) is 22.1 Å². The summed E-state index contributed by atoms with van der Waals surface area (Å²) in [5, 5.41) is 4.81. The summed E-state index contributed by atoms with van der Waals surface area (Å²) in [6.45, 7) is 4.60. The van der Waals surface area contributed by atoms with Crippen LogP contribution in [0.5, 0.6) is 5.75 Å². The van der Waals surface area contributed by atoms with Crippen molar-refractivity contribution in [3.05, 3.63) is 59.1 Å². The maximum atomic E-state index is 5.71. The van der Waals surface area contributed by atoms with E-state index in [1.807, 2.05) is 28.9 Å². The third-order valence-corrected chi connectivity index (χ3v) is 4.82. The summed E-state index contributed by atoms with van der Waals surface area (Å²) in [4.78, 5) is 5.40. The second-order valence-corrected chi connectivity index (χ2v) is 7.00. The zero-order chi connectivity index (χ0) is 19.2. The van der Waals surface area contributed by atoms with Gasteiger partial charge in [0.05, 0.1) is 14.2 Å². The predicted molar refractivity (Wildman–Crippen MR) is 108 cm³/mol. The van der Waals surface area contributed by atoms with E-state index in [1.165, 1.54) is 10.5 Å². The monoisotopic (exact) mass is 384 g/mol. The molecule has 0 bridgehead atoms. The Morgan fingerprint density at radius 2 is 1.81 bits per heavy atom. The minimum Gasteiger partial charge on any atom is -0.497 e. The van der Waals surface area contributed by atoms with Crippen LogP contribution in [-0.2, 0) is 19.8 Å². The number of aromatic nitrogens is 4. The first-order valence-corrected chi connectivity index (χ1v) is 9.55. The molecular weight excluding hydrogens is 358 g/mol. The number of nitrogens with zero attached hydrogens (tertiary/aromatic N) is 4. The highest BCUT2D eigenvalue weighted by Crippen LogP contribution is 2.17. The Morgan fingerprint density at radius 3 is 2.44 bits per heavy atom. The van der Waals surface area contributed by atoms with Crippen molar-refractivity contribution in [2.45, 2.75) is 33.1 Å². The number of ether oxygens (including phenoxy) is 1. The summed E-state index contributed by atoms with van der Waals surface area (Å²) >= 11 is 5.71. The van der Waals surface area contributed by atoms with Crippen molar-refractivity contribution in [1.29, 1.82) is 0 Å². The van der Waals surface area contributed by atoms with Crippen molar-refractivity contribution >= 4 is 12.2 Å². The minimum atomic E-state index is 0.708. The largest absolute Gasteiger partial charge is 0.497 e. The molecule has 0 aliphatic carbocycles. The zero-order valence-electron chi connectivity index (χ0n) is 16.1. The van der Waals surface area contributed by atoms with Crippen LogP contribution in [0.25, 0.3) is 11.4 Å². The summed E-state index contributed by atoms with van der Waals surface area (Å²) in [6.07, 6.45) is 4.58. The maximum Gasteiger partial charge on any atom is 0.203 e. The van der Waals surface area contributed by atoms with E-state index in [2.05, 4.69) is 35.7 Å². The average Bonchev–Trinajstić information content (AvgIpc) is 2.99. The van der Waals surface area contributed by atoms with Gasteiger partial charge in [0.2, 0.25) is 4.77 Å². The molecule has 0 saturated heterocycles. The maximum absolute atomic E-state index is 5.71. The standard InChI is InChI=1S/C20H25N5OS/c1-4-13-24-19(17-9-11-21-12-10-17)22-25(20(24)27)15-23(2)14-16-5-7-18(26-3)8-6-16/h5-12H,4,13-15H2,1-3H3/p+1.